The Hall–Kier alpha value is -6.89. The number of aromatic nitrogens is 1. The van der Waals surface area contributed by atoms with Gasteiger partial charge in [-0.15, -0.1) is 0 Å². The first-order valence-corrected chi connectivity index (χ1v) is 21.8. The monoisotopic (exact) mass is 890 g/mol. The Morgan fingerprint density at radius 3 is 1.89 bits per heavy atom. The van der Waals surface area contributed by atoms with E-state index in [9.17, 15) is 28.8 Å². The average molecular weight is 891 g/mol. The molecule has 0 unspecified atom stereocenters. The smallest absolute Gasteiger partial charge is 0.347 e. The normalized spacial score (nSPS) is 12.5. The minimum atomic E-state index is -1.45. The van der Waals surface area contributed by atoms with E-state index in [0.717, 1.165) is 25.7 Å². The summed E-state index contributed by atoms with van der Waals surface area (Å²) in [6, 6.07) is 15.0. The Labute approximate surface area is 382 Å². The van der Waals surface area contributed by atoms with E-state index in [1.165, 1.54) is 42.7 Å². The number of para-hydroxylation sites is 2. The van der Waals surface area contributed by atoms with Crippen molar-refractivity contribution < 1.29 is 52.5 Å². The molecule has 0 aliphatic rings. The van der Waals surface area contributed by atoms with Crippen LogP contribution in [0.3, 0.4) is 0 Å². The molecule has 1 N–H and O–H groups in total. The number of hydrogen-bond acceptors (Lipinski definition) is 12. The predicted molar refractivity (Wildman–Crippen MR) is 248 cm³/mol. The lowest BCUT2D eigenvalue weighted by Crippen LogP contribution is -2.49. The predicted octanol–water partition coefficient (Wildman–Crippen LogP) is 9.99. The van der Waals surface area contributed by atoms with Gasteiger partial charge in [-0.3, -0.25) is 19.4 Å². The summed E-state index contributed by atoms with van der Waals surface area (Å²) >= 11 is 0. The molecular formula is C52H62N2O11. The number of amides is 1. The van der Waals surface area contributed by atoms with Crippen molar-refractivity contribution in [1.82, 2.24) is 10.3 Å². The van der Waals surface area contributed by atoms with Gasteiger partial charge in [0, 0.05) is 30.8 Å². The van der Waals surface area contributed by atoms with Crippen molar-refractivity contribution in [2.24, 2.45) is 5.41 Å². The molecule has 2 aromatic carbocycles. The van der Waals surface area contributed by atoms with E-state index in [1.807, 2.05) is 18.2 Å². The van der Waals surface area contributed by atoms with Crippen LogP contribution in [0.5, 0.6) is 11.5 Å². The zero-order valence-electron chi connectivity index (χ0n) is 38.3. The zero-order chi connectivity index (χ0) is 47.5. The number of benzene rings is 2. The van der Waals surface area contributed by atoms with Crippen LogP contribution in [0.2, 0.25) is 0 Å². The summed E-state index contributed by atoms with van der Waals surface area (Å²) < 4.78 is 27.7. The molecule has 1 heterocycles. The number of carbonyl (C=O) groups excluding carboxylic acids is 6. The lowest BCUT2D eigenvalue weighted by Gasteiger charge is -2.32. The van der Waals surface area contributed by atoms with Crippen molar-refractivity contribution in [2.45, 2.75) is 105 Å². The standard InChI is InChI=1S/C52H62N2O11/c1-7-8-9-10-11-12-13-14-15-16-17-18-19-20-21-22-33-44(55)61-38-52(5,6)46(64-48(58)39-28-27-35-53-37-39)47(57)54-36-34-45(56)62-42-31-25-23-29-40(42)49(59)63-43-32-26-24-30-41(43)50(60)65-51(2,3)4/h8-9,11-12,14-15,17-20,23-32,35,37,46H,7,10,13,16,21-22,33-34,36,38H2,1-6H3,(H,54,57)/b9-8-,12-11-,15-14-,18-17+,20-19-/t46-/m0/s1. The van der Waals surface area contributed by atoms with E-state index in [0.29, 0.717) is 12.8 Å². The topological polar surface area (TPSA) is 173 Å². The number of hydrogen-bond donors (Lipinski definition) is 1. The van der Waals surface area contributed by atoms with Crippen LogP contribution >= 0.6 is 0 Å². The van der Waals surface area contributed by atoms with Crippen LogP contribution in [0.15, 0.2) is 134 Å². The number of nitrogens with zero attached hydrogens (tertiary/aromatic N) is 1. The summed E-state index contributed by atoms with van der Waals surface area (Å²) in [4.78, 5) is 82.5. The average Bonchev–Trinajstić information content (AvgIpc) is 3.27. The second-order valence-corrected chi connectivity index (χ2v) is 16.4. The van der Waals surface area contributed by atoms with Crippen molar-refractivity contribution in [3.63, 3.8) is 0 Å². The maximum absolute atomic E-state index is 13.6. The second-order valence-electron chi connectivity index (χ2n) is 16.4. The van der Waals surface area contributed by atoms with Crippen molar-refractivity contribution in [3.8, 4) is 11.5 Å². The van der Waals surface area contributed by atoms with Crippen LogP contribution in [-0.2, 0) is 28.6 Å². The van der Waals surface area contributed by atoms with Crippen LogP contribution in [-0.4, -0.2) is 65.6 Å². The Bertz CT molecular complexity index is 2180. The van der Waals surface area contributed by atoms with E-state index >= 15 is 0 Å². The van der Waals surface area contributed by atoms with Crippen molar-refractivity contribution in [2.75, 3.05) is 13.2 Å². The van der Waals surface area contributed by atoms with Gasteiger partial charge in [-0.1, -0.05) is 106 Å². The summed E-state index contributed by atoms with van der Waals surface area (Å²) in [5.41, 5.74) is -1.96. The van der Waals surface area contributed by atoms with Crippen molar-refractivity contribution >= 4 is 35.8 Å². The molecule has 65 heavy (non-hydrogen) atoms. The van der Waals surface area contributed by atoms with Crippen LogP contribution in [0.25, 0.3) is 0 Å². The van der Waals surface area contributed by atoms with Crippen LogP contribution in [0, 0.1) is 5.41 Å². The zero-order valence-corrected chi connectivity index (χ0v) is 38.3. The molecule has 0 bridgehead atoms. The summed E-state index contributed by atoms with van der Waals surface area (Å²) in [5.74, 6) is -4.59. The largest absolute Gasteiger partial charge is 0.465 e. The Kier molecular flexibility index (Phi) is 22.6. The van der Waals surface area contributed by atoms with Crippen molar-refractivity contribution in [1.29, 1.82) is 0 Å². The van der Waals surface area contributed by atoms with Gasteiger partial charge < -0.3 is 29.0 Å². The first-order chi connectivity index (χ1) is 31.1. The van der Waals surface area contributed by atoms with E-state index in [2.05, 4.69) is 59.8 Å². The first-order valence-electron chi connectivity index (χ1n) is 21.8. The quantitative estimate of drug-likeness (QED) is 0.0213. The molecule has 0 radical (unpaired) electrons. The summed E-state index contributed by atoms with van der Waals surface area (Å²) in [7, 11) is 0. The molecule has 3 rings (SSSR count). The Morgan fingerprint density at radius 1 is 0.662 bits per heavy atom. The number of nitrogens with one attached hydrogen (secondary N) is 1. The Balaban J connectivity index is 1.53. The van der Waals surface area contributed by atoms with Gasteiger partial charge in [0.1, 0.15) is 34.8 Å². The molecule has 13 heteroatoms. The van der Waals surface area contributed by atoms with E-state index < -0.39 is 52.9 Å². The molecule has 0 aliphatic heterocycles. The molecular weight excluding hydrogens is 829 g/mol. The number of carbonyl (C=O) groups is 6. The molecule has 346 valence electrons. The highest BCUT2D eigenvalue weighted by Crippen LogP contribution is 2.27. The van der Waals surface area contributed by atoms with E-state index in [1.54, 1.807) is 65.0 Å². The van der Waals surface area contributed by atoms with Crippen molar-refractivity contribution in [3.05, 3.63) is 151 Å². The molecule has 0 saturated heterocycles. The van der Waals surface area contributed by atoms with Gasteiger partial charge in [0.15, 0.2) is 6.10 Å². The number of rotatable bonds is 25. The van der Waals surface area contributed by atoms with Gasteiger partial charge in [-0.05, 0) is 95.7 Å². The highest BCUT2D eigenvalue weighted by molar-refractivity contribution is 5.98. The molecule has 3 aromatic rings. The molecule has 0 aliphatic carbocycles. The van der Waals surface area contributed by atoms with Crippen LogP contribution in [0.4, 0.5) is 0 Å². The number of pyridine rings is 1. The second kappa shape index (κ2) is 28.0. The third-order valence-corrected chi connectivity index (χ3v) is 9.03. The van der Waals surface area contributed by atoms with Crippen LogP contribution in [0.1, 0.15) is 124 Å². The van der Waals surface area contributed by atoms with E-state index in [4.69, 9.17) is 23.7 Å². The molecule has 0 fully saturated rings. The minimum Gasteiger partial charge on any atom is -0.465 e. The third kappa shape index (κ3) is 20.4. The number of ether oxygens (including phenoxy) is 5. The molecule has 1 atom stereocenters. The SMILES string of the molecule is CC/C=C\C/C=C\C/C=C\C/C=C/C=C\CCCC(=O)OCC(C)(C)[C@@H](OC(=O)c1cccnc1)C(=O)NCCC(=O)Oc1ccccc1C(=O)Oc1ccccc1C(=O)OC(C)(C)C. The van der Waals surface area contributed by atoms with Gasteiger partial charge >= 0.3 is 29.8 Å². The molecule has 1 amide bonds. The maximum atomic E-state index is 13.6. The summed E-state index contributed by atoms with van der Waals surface area (Å²) in [6.07, 6.45) is 26.9. The fraction of sp³-hybridized carbons (Fsp3) is 0.365. The minimum absolute atomic E-state index is 0.0317. The summed E-state index contributed by atoms with van der Waals surface area (Å²) in [5, 5.41) is 2.61. The highest BCUT2D eigenvalue weighted by Gasteiger charge is 2.40. The molecule has 1 aromatic heterocycles. The first kappa shape index (κ1) is 52.5. The third-order valence-electron chi connectivity index (χ3n) is 9.03. The Morgan fingerprint density at radius 2 is 1.26 bits per heavy atom. The lowest BCUT2D eigenvalue weighted by atomic mass is 9.86. The lowest BCUT2D eigenvalue weighted by molar-refractivity contribution is -0.153. The molecule has 0 saturated carbocycles. The van der Waals surface area contributed by atoms with Gasteiger partial charge in [-0.25, -0.2) is 14.4 Å². The maximum Gasteiger partial charge on any atom is 0.347 e. The van der Waals surface area contributed by atoms with Crippen LogP contribution < -0.4 is 14.8 Å². The molecule has 0 spiro atoms. The van der Waals surface area contributed by atoms with E-state index in [-0.39, 0.29) is 54.2 Å². The fourth-order valence-electron chi connectivity index (χ4n) is 5.71. The van der Waals surface area contributed by atoms with Gasteiger partial charge in [0.25, 0.3) is 5.91 Å². The number of esters is 5. The summed E-state index contributed by atoms with van der Waals surface area (Å²) in [6.45, 7) is 10.00. The van der Waals surface area contributed by atoms with Gasteiger partial charge in [0.05, 0.1) is 12.0 Å². The number of unbranched alkanes of at least 4 members (excludes halogenated alkanes) is 1. The highest BCUT2D eigenvalue weighted by atomic mass is 16.6. The molecule has 13 nitrogen and oxygen atoms in total. The van der Waals surface area contributed by atoms with Gasteiger partial charge in [-0.2, -0.15) is 0 Å². The fourth-order valence-corrected chi connectivity index (χ4v) is 5.71. The van der Waals surface area contributed by atoms with Gasteiger partial charge in [0.2, 0.25) is 0 Å². The number of allylic oxidation sites excluding steroid dienone is 10.